The Balaban J connectivity index is 1.94. The van der Waals surface area contributed by atoms with E-state index in [1.165, 1.54) is 17.2 Å². The lowest BCUT2D eigenvalue weighted by atomic mass is 10.1. The van der Waals surface area contributed by atoms with Crippen LogP contribution in [0.5, 0.6) is 0 Å². The molecule has 10 heteroatoms. The second-order valence-electron chi connectivity index (χ2n) is 4.53. The summed E-state index contributed by atoms with van der Waals surface area (Å²) in [6.45, 7) is 0.0301. The van der Waals surface area contributed by atoms with Crippen LogP contribution in [0, 0.1) is 0 Å². The number of nitrogens with zero attached hydrogens (tertiary/aromatic N) is 3. The zero-order valence-corrected chi connectivity index (χ0v) is 10.6. The Morgan fingerprint density at radius 2 is 2.24 bits per heavy atom. The fourth-order valence-corrected chi connectivity index (χ4v) is 2.28. The zero-order valence-electron chi connectivity index (χ0n) is 10.6. The molecule has 0 aromatic carbocycles. The van der Waals surface area contributed by atoms with Gasteiger partial charge in [-0.2, -0.15) is 0 Å². The van der Waals surface area contributed by atoms with E-state index in [2.05, 4.69) is 19.7 Å². The minimum absolute atomic E-state index is 0.0929. The molecule has 1 aliphatic heterocycles. The number of H-pyrrole nitrogens is 1. The number of aromatic nitrogens is 4. The van der Waals surface area contributed by atoms with E-state index in [9.17, 15) is 19.8 Å². The Morgan fingerprint density at radius 3 is 3.00 bits per heavy atom. The van der Waals surface area contributed by atoms with Crippen molar-refractivity contribution in [2.75, 3.05) is 6.61 Å². The normalized spacial score (nSPS) is 28.9. The summed E-state index contributed by atoms with van der Waals surface area (Å²) in [5.41, 5.74) is -0.116. The zero-order chi connectivity index (χ0) is 15.0. The number of nitrogens with one attached hydrogen (secondary N) is 1. The summed E-state index contributed by atoms with van der Waals surface area (Å²) in [7, 11) is 0. The summed E-state index contributed by atoms with van der Waals surface area (Å²) < 4.78 is 11.4. The van der Waals surface area contributed by atoms with E-state index in [1.54, 1.807) is 0 Å². The summed E-state index contributed by atoms with van der Waals surface area (Å²) in [6.07, 6.45) is -1.89. The van der Waals surface area contributed by atoms with Gasteiger partial charge in [-0.05, 0) is 0 Å². The maximum atomic E-state index is 11.6. The molecule has 3 rings (SSSR count). The Morgan fingerprint density at radius 1 is 1.43 bits per heavy atom. The van der Waals surface area contributed by atoms with Gasteiger partial charge in [-0.15, -0.1) is 0 Å². The molecular formula is C11H12N4O6. The van der Waals surface area contributed by atoms with Crippen LogP contribution in [0.2, 0.25) is 0 Å². The van der Waals surface area contributed by atoms with Crippen molar-refractivity contribution in [3.8, 4) is 0 Å². The van der Waals surface area contributed by atoms with Gasteiger partial charge >= 0.3 is 0 Å². The number of imidazole rings is 1. The lowest BCUT2D eigenvalue weighted by Gasteiger charge is -2.16. The summed E-state index contributed by atoms with van der Waals surface area (Å²) in [5.74, 6) is 0. The first kappa shape index (κ1) is 13.7. The number of aromatic amines is 1. The van der Waals surface area contributed by atoms with Crippen LogP contribution in [0.4, 0.5) is 0 Å². The number of carbonyl (C=O) groups excluding carboxylic acids is 1. The highest BCUT2D eigenvalue weighted by Crippen LogP contribution is 2.30. The van der Waals surface area contributed by atoms with Crippen molar-refractivity contribution in [2.45, 2.75) is 24.5 Å². The molecule has 21 heavy (non-hydrogen) atoms. The van der Waals surface area contributed by atoms with Gasteiger partial charge in [0.2, 0.25) is 0 Å². The number of rotatable bonds is 4. The van der Waals surface area contributed by atoms with Crippen molar-refractivity contribution in [3.63, 3.8) is 0 Å². The number of ether oxygens (including phenoxy) is 2. The molecule has 2 aromatic heterocycles. The third-order valence-electron chi connectivity index (χ3n) is 3.31. The van der Waals surface area contributed by atoms with Crippen molar-refractivity contribution in [1.82, 2.24) is 19.5 Å². The lowest BCUT2D eigenvalue weighted by Crippen LogP contribution is -2.33. The van der Waals surface area contributed by atoms with Crippen LogP contribution in [-0.4, -0.2) is 61.1 Å². The third kappa shape index (κ3) is 2.18. The van der Waals surface area contributed by atoms with E-state index < -0.39 is 30.1 Å². The van der Waals surface area contributed by atoms with Crippen LogP contribution in [0.25, 0.3) is 11.2 Å². The van der Waals surface area contributed by atoms with Gasteiger partial charge in [0.25, 0.3) is 12.0 Å². The summed E-state index contributed by atoms with van der Waals surface area (Å²) in [6, 6.07) is 0. The molecule has 4 atom stereocenters. The minimum atomic E-state index is -1.27. The average Bonchev–Trinajstić information content (AvgIpc) is 3.02. The number of aliphatic hydroxyl groups is 2. The van der Waals surface area contributed by atoms with Gasteiger partial charge in [-0.3, -0.25) is 14.2 Å². The van der Waals surface area contributed by atoms with Gasteiger partial charge in [0, 0.05) is 0 Å². The van der Waals surface area contributed by atoms with E-state index in [0.717, 1.165) is 0 Å². The molecule has 3 heterocycles. The van der Waals surface area contributed by atoms with Crippen molar-refractivity contribution in [2.24, 2.45) is 0 Å². The predicted molar refractivity (Wildman–Crippen MR) is 66.1 cm³/mol. The van der Waals surface area contributed by atoms with Gasteiger partial charge in [0.15, 0.2) is 17.4 Å². The maximum absolute atomic E-state index is 11.6. The Hall–Kier alpha value is -2.30. The van der Waals surface area contributed by atoms with Gasteiger partial charge in [0.1, 0.15) is 24.9 Å². The van der Waals surface area contributed by atoms with E-state index in [-0.39, 0.29) is 24.2 Å². The molecule has 2 unspecified atom stereocenters. The standard InChI is InChI=1S/C11H12N4O6/c16-4-20-1-5-7(17)8(18)11(21-5)15-3-14-6-9(15)12-2-13-10(6)19/h2-5,7-8,11,17-18H,1H2,(H,12,13,19)/t5-,7?,8?,11-/m1/s1. The monoisotopic (exact) mass is 296 g/mol. The predicted octanol–water partition coefficient (Wildman–Crippen LogP) is -2.09. The number of hydrogen-bond donors (Lipinski definition) is 3. The fourth-order valence-electron chi connectivity index (χ4n) is 2.28. The molecule has 3 N–H and O–H groups in total. The smallest absolute Gasteiger partial charge is 0.293 e. The highest BCUT2D eigenvalue weighted by molar-refractivity contribution is 5.68. The molecule has 0 spiro atoms. The van der Waals surface area contributed by atoms with Crippen molar-refractivity contribution < 1.29 is 24.5 Å². The topological polar surface area (TPSA) is 140 Å². The number of hydrogen-bond acceptors (Lipinski definition) is 8. The molecular weight excluding hydrogens is 284 g/mol. The second-order valence-corrected chi connectivity index (χ2v) is 4.53. The third-order valence-corrected chi connectivity index (χ3v) is 3.31. The summed E-state index contributed by atoms with van der Waals surface area (Å²) in [4.78, 5) is 32.0. The molecule has 0 saturated carbocycles. The first-order chi connectivity index (χ1) is 10.1. The Kier molecular flexibility index (Phi) is 3.41. The van der Waals surface area contributed by atoms with E-state index in [1.807, 2.05) is 0 Å². The molecule has 1 saturated heterocycles. The van der Waals surface area contributed by atoms with Crippen LogP contribution in [0.15, 0.2) is 17.4 Å². The fraction of sp³-hybridized carbons (Fsp3) is 0.455. The largest absolute Gasteiger partial charge is 0.465 e. The Labute approximate surface area is 117 Å². The molecule has 1 fully saturated rings. The molecule has 0 amide bonds. The van der Waals surface area contributed by atoms with Gasteiger partial charge < -0.3 is 24.7 Å². The Bertz CT molecular complexity index is 712. The highest BCUT2D eigenvalue weighted by atomic mass is 16.6. The average molecular weight is 296 g/mol. The van der Waals surface area contributed by atoms with Crippen LogP contribution in [0.1, 0.15) is 6.23 Å². The second kappa shape index (κ2) is 5.24. The summed E-state index contributed by atoms with van der Waals surface area (Å²) in [5, 5.41) is 19.9. The highest BCUT2D eigenvalue weighted by Gasteiger charge is 2.44. The molecule has 0 bridgehead atoms. The van der Waals surface area contributed by atoms with Crippen molar-refractivity contribution >= 4 is 17.6 Å². The maximum Gasteiger partial charge on any atom is 0.293 e. The van der Waals surface area contributed by atoms with E-state index >= 15 is 0 Å². The summed E-state index contributed by atoms with van der Waals surface area (Å²) >= 11 is 0. The van der Waals surface area contributed by atoms with Crippen molar-refractivity contribution in [1.29, 1.82) is 0 Å². The first-order valence-corrected chi connectivity index (χ1v) is 6.10. The quantitative estimate of drug-likeness (QED) is 0.546. The molecule has 2 aromatic rings. The van der Waals surface area contributed by atoms with Crippen LogP contribution in [-0.2, 0) is 14.3 Å². The van der Waals surface area contributed by atoms with E-state index in [4.69, 9.17) is 4.74 Å². The van der Waals surface area contributed by atoms with Crippen molar-refractivity contribution in [3.05, 3.63) is 23.0 Å². The van der Waals surface area contributed by atoms with Gasteiger partial charge in [-0.25, -0.2) is 9.97 Å². The minimum Gasteiger partial charge on any atom is -0.465 e. The number of carbonyl (C=O) groups is 1. The molecule has 1 aliphatic rings. The van der Waals surface area contributed by atoms with Crippen LogP contribution >= 0.6 is 0 Å². The molecule has 112 valence electrons. The van der Waals surface area contributed by atoms with Crippen LogP contribution < -0.4 is 5.56 Å². The molecule has 0 aliphatic carbocycles. The SMILES string of the molecule is O=COC[C@H]1O[C@@H](n2cnc3c(=O)[nH]cnc32)C(O)C1O. The molecule has 10 nitrogen and oxygen atoms in total. The number of fused-ring (bicyclic) bond motifs is 1. The van der Waals surface area contributed by atoms with Gasteiger partial charge in [0.05, 0.1) is 12.7 Å². The first-order valence-electron chi connectivity index (χ1n) is 6.10. The molecule has 0 radical (unpaired) electrons. The van der Waals surface area contributed by atoms with Gasteiger partial charge in [-0.1, -0.05) is 0 Å². The number of aliphatic hydroxyl groups excluding tert-OH is 2. The van der Waals surface area contributed by atoms with E-state index in [0.29, 0.717) is 0 Å². The lowest BCUT2D eigenvalue weighted by molar-refractivity contribution is -0.135. The van der Waals surface area contributed by atoms with Crippen LogP contribution in [0.3, 0.4) is 0 Å².